The van der Waals surface area contributed by atoms with Gasteiger partial charge in [-0.15, -0.1) is 0 Å². The lowest BCUT2D eigenvalue weighted by Gasteiger charge is -2.38. The zero-order valence-corrected chi connectivity index (χ0v) is 11.1. The van der Waals surface area contributed by atoms with E-state index in [2.05, 4.69) is 0 Å². The molecule has 0 saturated heterocycles. The molecule has 0 radical (unpaired) electrons. The Labute approximate surface area is 111 Å². The summed E-state index contributed by atoms with van der Waals surface area (Å²) < 4.78 is 7.36. The first kappa shape index (κ1) is 12.1. The standard InChI is InChI=1S/C15H17NO3/c1-16-9-6-10-11(4-5-12(19-2)13(10)16)15(14(17)18)7-3-8-15/h4-6,9H,3,7-8H2,1-2H3,(H,17,18). The van der Waals surface area contributed by atoms with E-state index in [4.69, 9.17) is 4.74 Å². The highest BCUT2D eigenvalue weighted by molar-refractivity contribution is 5.95. The van der Waals surface area contributed by atoms with Gasteiger partial charge in [-0.1, -0.05) is 12.5 Å². The summed E-state index contributed by atoms with van der Waals surface area (Å²) in [6.45, 7) is 0. The number of fused-ring (bicyclic) bond motifs is 1. The van der Waals surface area contributed by atoms with Crippen molar-refractivity contribution in [3.8, 4) is 5.75 Å². The van der Waals surface area contributed by atoms with E-state index in [0.717, 1.165) is 41.5 Å². The first-order valence-electron chi connectivity index (χ1n) is 6.46. The molecular weight excluding hydrogens is 242 g/mol. The number of benzene rings is 1. The van der Waals surface area contributed by atoms with Crippen molar-refractivity contribution in [3.05, 3.63) is 30.0 Å². The van der Waals surface area contributed by atoms with Crippen molar-refractivity contribution in [2.24, 2.45) is 7.05 Å². The molecule has 1 aliphatic rings. The van der Waals surface area contributed by atoms with Crippen LogP contribution in [-0.4, -0.2) is 22.8 Å². The van der Waals surface area contributed by atoms with Crippen LogP contribution in [-0.2, 0) is 17.3 Å². The third-order valence-electron chi connectivity index (χ3n) is 4.35. The van der Waals surface area contributed by atoms with Gasteiger partial charge in [0.25, 0.3) is 0 Å². The van der Waals surface area contributed by atoms with Crippen LogP contribution < -0.4 is 4.74 Å². The fourth-order valence-electron chi connectivity index (χ4n) is 3.09. The van der Waals surface area contributed by atoms with Crippen molar-refractivity contribution in [1.82, 2.24) is 4.57 Å². The average molecular weight is 259 g/mol. The van der Waals surface area contributed by atoms with Crippen LogP contribution in [0.4, 0.5) is 0 Å². The minimum Gasteiger partial charge on any atom is -0.495 e. The molecule has 1 saturated carbocycles. The first-order chi connectivity index (χ1) is 9.10. The highest BCUT2D eigenvalue weighted by Gasteiger charge is 2.47. The number of ether oxygens (including phenoxy) is 1. The predicted octanol–water partition coefficient (Wildman–Crippen LogP) is 2.69. The molecule has 1 fully saturated rings. The summed E-state index contributed by atoms with van der Waals surface area (Å²) in [7, 11) is 3.58. The molecule has 1 aromatic heterocycles. The van der Waals surface area contributed by atoms with Gasteiger partial charge in [0.1, 0.15) is 5.75 Å². The van der Waals surface area contributed by atoms with Crippen LogP contribution in [0.1, 0.15) is 24.8 Å². The molecule has 0 unspecified atom stereocenters. The second-order valence-electron chi connectivity index (χ2n) is 5.25. The molecule has 1 heterocycles. The summed E-state index contributed by atoms with van der Waals surface area (Å²) in [4.78, 5) is 11.7. The van der Waals surface area contributed by atoms with Crippen molar-refractivity contribution >= 4 is 16.9 Å². The Morgan fingerprint density at radius 1 is 1.37 bits per heavy atom. The SMILES string of the molecule is COc1ccc(C2(C(=O)O)CCC2)c2ccn(C)c12. The molecule has 1 aliphatic carbocycles. The van der Waals surface area contributed by atoms with E-state index < -0.39 is 11.4 Å². The maximum absolute atomic E-state index is 11.7. The number of aryl methyl sites for hydroxylation is 1. The topological polar surface area (TPSA) is 51.5 Å². The van der Waals surface area contributed by atoms with Crippen molar-refractivity contribution in [2.45, 2.75) is 24.7 Å². The number of carbonyl (C=O) groups is 1. The van der Waals surface area contributed by atoms with Crippen LogP contribution in [0.3, 0.4) is 0 Å². The minimum absolute atomic E-state index is 0.703. The van der Waals surface area contributed by atoms with Gasteiger partial charge >= 0.3 is 5.97 Å². The predicted molar refractivity (Wildman–Crippen MR) is 72.6 cm³/mol. The van der Waals surface area contributed by atoms with E-state index in [0.29, 0.717) is 0 Å². The Hall–Kier alpha value is -1.97. The van der Waals surface area contributed by atoms with Crippen molar-refractivity contribution in [3.63, 3.8) is 0 Å². The number of carboxylic acids is 1. The van der Waals surface area contributed by atoms with Gasteiger partial charge in [0, 0.05) is 18.6 Å². The van der Waals surface area contributed by atoms with Gasteiger partial charge in [0.05, 0.1) is 18.0 Å². The number of hydrogen-bond acceptors (Lipinski definition) is 2. The number of nitrogens with zero attached hydrogens (tertiary/aromatic N) is 1. The summed E-state index contributed by atoms with van der Waals surface area (Å²) in [5.74, 6) is 0.0696. The Morgan fingerprint density at radius 3 is 2.63 bits per heavy atom. The van der Waals surface area contributed by atoms with Crippen LogP contribution in [0.5, 0.6) is 5.75 Å². The van der Waals surface area contributed by atoms with E-state index in [1.807, 2.05) is 36.0 Å². The number of methoxy groups -OCH3 is 1. The molecule has 2 aromatic rings. The van der Waals surface area contributed by atoms with Gasteiger partial charge in [-0.2, -0.15) is 0 Å². The molecule has 1 N–H and O–H groups in total. The highest BCUT2D eigenvalue weighted by Crippen LogP contribution is 2.47. The lowest BCUT2D eigenvalue weighted by Crippen LogP contribution is -2.42. The van der Waals surface area contributed by atoms with E-state index in [9.17, 15) is 9.90 Å². The zero-order chi connectivity index (χ0) is 13.6. The Kier molecular flexibility index (Phi) is 2.55. The monoisotopic (exact) mass is 259 g/mol. The Balaban J connectivity index is 2.29. The van der Waals surface area contributed by atoms with Gasteiger partial charge < -0.3 is 14.4 Å². The summed E-state index contributed by atoms with van der Waals surface area (Å²) in [5, 5.41) is 10.6. The fourth-order valence-corrected chi connectivity index (χ4v) is 3.09. The lowest BCUT2D eigenvalue weighted by atomic mass is 9.64. The number of hydrogen-bond donors (Lipinski definition) is 1. The Morgan fingerprint density at radius 2 is 2.11 bits per heavy atom. The normalized spacial score (nSPS) is 17.2. The largest absolute Gasteiger partial charge is 0.495 e. The molecule has 4 nitrogen and oxygen atoms in total. The van der Waals surface area contributed by atoms with Gasteiger partial charge in [0.15, 0.2) is 0 Å². The molecular formula is C15H17NO3. The second kappa shape index (κ2) is 4.02. The molecule has 0 atom stereocenters. The number of aliphatic carboxylic acids is 1. The molecule has 0 bridgehead atoms. The molecule has 0 amide bonds. The molecule has 100 valence electrons. The zero-order valence-electron chi connectivity index (χ0n) is 11.1. The van der Waals surface area contributed by atoms with Crippen LogP contribution in [0.25, 0.3) is 10.9 Å². The number of rotatable bonds is 3. The maximum atomic E-state index is 11.7. The van der Waals surface area contributed by atoms with Crippen LogP contribution >= 0.6 is 0 Å². The summed E-state index contributed by atoms with van der Waals surface area (Å²) >= 11 is 0. The van der Waals surface area contributed by atoms with E-state index in [1.54, 1.807) is 7.11 Å². The summed E-state index contributed by atoms with van der Waals surface area (Å²) in [5.41, 5.74) is 1.18. The van der Waals surface area contributed by atoms with Gasteiger partial charge in [-0.3, -0.25) is 4.79 Å². The highest BCUT2D eigenvalue weighted by atomic mass is 16.5. The van der Waals surface area contributed by atoms with E-state index in [1.165, 1.54) is 0 Å². The van der Waals surface area contributed by atoms with Gasteiger partial charge in [-0.25, -0.2) is 0 Å². The molecule has 0 spiro atoms. The Bertz CT molecular complexity index is 653. The van der Waals surface area contributed by atoms with Crippen LogP contribution in [0, 0.1) is 0 Å². The molecule has 19 heavy (non-hydrogen) atoms. The van der Waals surface area contributed by atoms with Crippen molar-refractivity contribution in [2.75, 3.05) is 7.11 Å². The smallest absolute Gasteiger partial charge is 0.314 e. The minimum atomic E-state index is -0.714. The maximum Gasteiger partial charge on any atom is 0.314 e. The van der Waals surface area contributed by atoms with Crippen molar-refractivity contribution in [1.29, 1.82) is 0 Å². The molecule has 3 rings (SSSR count). The van der Waals surface area contributed by atoms with Gasteiger partial charge in [0.2, 0.25) is 0 Å². The van der Waals surface area contributed by atoms with Gasteiger partial charge in [-0.05, 0) is 30.5 Å². The lowest BCUT2D eigenvalue weighted by molar-refractivity contribution is -0.147. The number of aromatic nitrogens is 1. The summed E-state index contributed by atoms with van der Waals surface area (Å²) in [6, 6.07) is 5.77. The van der Waals surface area contributed by atoms with E-state index in [-0.39, 0.29) is 0 Å². The first-order valence-corrected chi connectivity index (χ1v) is 6.46. The molecule has 0 aliphatic heterocycles. The molecule has 1 aromatic carbocycles. The number of carboxylic acid groups (broad SMARTS) is 1. The third-order valence-corrected chi connectivity index (χ3v) is 4.35. The second-order valence-corrected chi connectivity index (χ2v) is 5.25. The van der Waals surface area contributed by atoms with Crippen molar-refractivity contribution < 1.29 is 14.6 Å². The summed E-state index contributed by atoms with van der Waals surface area (Å²) in [6.07, 6.45) is 4.37. The third kappa shape index (κ3) is 1.49. The van der Waals surface area contributed by atoms with Crippen LogP contribution in [0.15, 0.2) is 24.4 Å². The average Bonchev–Trinajstić information content (AvgIpc) is 2.71. The van der Waals surface area contributed by atoms with Crippen LogP contribution in [0.2, 0.25) is 0 Å². The van der Waals surface area contributed by atoms with E-state index >= 15 is 0 Å². The molecule has 4 heteroatoms. The fraction of sp³-hybridized carbons (Fsp3) is 0.400. The quantitative estimate of drug-likeness (QED) is 0.922.